The van der Waals surface area contributed by atoms with Gasteiger partial charge in [0.25, 0.3) is 0 Å². The fraction of sp³-hybridized carbons (Fsp3) is 0.667. The molecule has 8 aliphatic heterocycles. The Morgan fingerprint density at radius 1 is 0.687 bits per heavy atom. The Labute approximate surface area is 496 Å². The van der Waals surface area contributed by atoms with Crippen LogP contribution in [0.15, 0.2) is 97.1 Å². The molecule has 2 aromatic carbocycles. The molecule has 0 saturated carbocycles. The Hall–Kier alpha value is -3.99. The van der Waals surface area contributed by atoms with Gasteiger partial charge in [-0.05, 0) is 129 Å². The van der Waals surface area contributed by atoms with Crippen LogP contribution in [0.25, 0.3) is 0 Å². The maximum atomic E-state index is 14.9. The third-order valence-electron chi connectivity index (χ3n) is 19.3. The van der Waals surface area contributed by atoms with Crippen LogP contribution in [0.1, 0.15) is 146 Å². The van der Waals surface area contributed by atoms with Gasteiger partial charge < -0.3 is 51.9 Å². The SMILES string of the molecule is C=C1C[C@@H]2CCC(=O)/C=C/C(O[Si](C)(C)C(C)(C)C)[C@@H]3O[C@H]4CC[C@H](CC(=O)C[C@H]5[C@H](CC6OC(CCC1O2)C[C@@H](C)C6=C)OC(C[C@@H](COC(=O)c1ccccc1)OC(=O)c1ccccc1)[C@@H]5OC)O[C@@H]4[C@H](O)C3O[Si](C)(C)C(C)(C)C. The van der Waals surface area contributed by atoms with Crippen molar-refractivity contribution in [2.75, 3.05) is 13.7 Å². The van der Waals surface area contributed by atoms with Crippen molar-refractivity contribution in [3.8, 4) is 0 Å². The second-order valence-corrected chi connectivity index (χ2v) is 37.0. The largest absolute Gasteiger partial charge is 0.458 e. The van der Waals surface area contributed by atoms with Crippen molar-refractivity contribution in [1.29, 1.82) is 0 Å². The highest BCUT2D eigenvalue weighted by Crippen LogP contribution is 2.46. The minimum atomic E-state index is -2.62. The molecule has 458 valence electrons. The number of fused-ring (bicyclic) bond motifs is 2. The van der Waals surface area contributed by atoms with E-state index in [0.717, 1.165) is 24.0 Å². The summed E-state index contributed by atoms with van der Waals surface area (Å²) in [5.74, 6) is -1.63. The molecule has 5 fully saturated rings. The quantitative estimate of drug-likeness (QED) is 0.120. The number of carbonyl (C=O) groups excluding carboxylic acids is 4. The van der Waals surface area contributed by atoms with Crippen LogP contribution in [0.5, 0.6) is 0 Å². The predicted molar refractivity (Wildman–Crippen MR) is 322 cm³/mol. The first-order valence-corrected chi connectivity index (χ1v) is 36.3. The van der Waals surface area contributed by atoms with Gasteiger partial charge in [-0.3, -0.25) is 9.59 Å². The summed E-state index contributed by atoms with van der Waals surface area (Å²) in [7, 11) is -3.56. The summed E-state index contributed by atoms with van der Waals surface area (Å²) in [6.07, 6.45) is -0.484. The minimum Gasteiger partial charge on any atom is -0.458 e. The van der Waals surface area contributed by atoms with Gasteiger partial charge in [0.15, 0.2) is 22.4 Å². The molecule has 5 saturated heterocycles. The summed E-state index contributed by atoms with van der Waals surface area (Å²) in [6.45, 7) is 32.5. The first-order chi connectivity index (χ1) is 39.1. The van der Waals surface area contributed by atoms with Crippen LogP contribution in [-0.4, -0.2) is 151 Å². The number of methoxy groups -OCH3 is 1. The maximum Gasteiger partial charge on any atom is 0.338 e. The third-order valence-corrected chi connectivity index (χ3v) is 28.3. The van der Waals surface area contributed by atoms with Crippen LogP contribution < -0.4 is 0 Å². The average Bonchev–Trinajstić information content (AvgIpc) is 3.92. The molecule has 8 heterocycles. The number of ketones is 2. The zero-order valence-corrected chi connectivity index (χ0v) is 53.5. The molecule has 8 bridgehead atoms. The lowest BCUT2D eigenvalue weighted by molar-refractivity contribution is -0.269. The van der Waals surface area contributed by atoms with Crippen molar-refractivity contribution in [2.45, 2.75) is 253 Å². The molecule has 0 spiro atoms. The molecule has 0 aromatic heterocycles. The summed E-state index contributed by atoms with van der Waals surface area (Å²) >= 11 is 0. The highest BCUT2D eigenvalue weighted by molar-refractivity contribution is 6.74. The van der Waals surface area contributed by atoms with Crippen molar-refractivity contribution in [3.63, 3.8) is 0 Å². The Bertz CT molecular complexity index is 2590. The first kappa shape index (κ1) is 65.0. The fourth-order valence-electron chi connectivity index (χ4n) is 12.3. The van der Waals surface area contributed by atoms with E-state index in [0.29, 0.717) is 49.7 Å². The van der Waals surface area contributed by atoms with Gasteiger partial charge in [-0.2, -0.15) is 0 Å². The number of esters is 2. The zero-order chi connectivity index (χ0) is 60.2. The number of carbonyl (C=O) groups is 4. The lowest BCUT2D eigenvalue weighted by Gasteiger charge is -2.53. The van der Waals surface area contributed by atoms with Gasteiger partial charge in [0, 0.05) is 45.1 Å². The molecule has 1 N–H and O–H groups in total. The fourth-order valence-corrected chi connectivity index (χ4v) is 14.9. The van der Waals surface area contributed by atoms with Crippen LogP contribution >= 0.6 is 0 Å². The smallest absolute Gasteiger partial charge is 0.338 e. The van der Waals surface area contributed by atoms with Gasteiger partial charge in [0.1, 0.15) is 42.9 Å². The third kappa shape index (κ3) is 16.2. The van der Waals surface area contributed by atoms with Crippen molar-refractivity contribution in [3.05, 3.63) is 108 Å². The van der Waals surface area contributed by atoms with Crippen molar-refractivity contribution in [2.24, 2.45) is 11.8 Å². The van der Waals surface area contributed by atoms with Gasteiger partial charge in [0.2, 0.25) is 0 Å². The van der Waals surface area contributed by atoms with Crippen molar-refractivity contribution < 1.29 is 71.0 Å². The molecule has 17 heteroatoms. The summed E-state index contributed by atoms with van der Waals surface area (Å²) in [6, 6.07) is 17.3. The van der Waals surface area contributed by atoms with Gasteiger partial charge in [-0.25, -0.2) is 9.59 Å². The Morgan fingerprint density at radius 2 is 1.30 bits per heavy atom. The summed E-state index contributed by atoms with van der Waals surface area (Å²) in [5, 5.41) is 12.4. The molecule has 0 amide bonds. The van der Waals surface area contributed by atoms with E-state index < -0.39 is 108 Å². The van der Waals surface area contributed by atoms with Gasteiger partial charge >= 0.3 is 11.9 Å². The molecule has 8 aliphatic rings. The van der Waals surface area contributed by atoms with Crippen LogP contribution in [0.2, 0.25) is 36.3 Å². The van der Waals surface area contributed by atoms with E-state index >= 15 is 0 Å². The molecule has 83 heavy (non-hydrogen) atoms. The summed E-state index contributed by atoms with van der Waals surface area (Å²) < 4.78 is 67.4. The first-order valence-electron chi connectivity index (χ1n) is 30.5. The van der Waals surface area contributed by atoms with Crippen molar-refractivity contribution >= 4 is 40.1 Å². The normalized spacial score (nSPS) is 34.3. The highest BCUT2D eigenvalue weighted by Gasteiger charge is 2.56. The Balaban J connectivity index is 1.11. The second-order valence-electron chi connectivity index (χ2n) is 27.5. The molecule has 0 radical (unpaired) electrons. The standard InChI is InChI=1S/C66H96O15Si2/c1-40-33-48-28-31-52-41(2)34-47(74-52)27-25-45(67)26-30-54(80-82(11,12)65(4,5)6)61-62(81-83(13,14)66(7,8)9)58(69)60-53(79-61)32-29-49(76-60)35-46(68)36-51-56(38-55(75-48)42(40)3)78-57(59(51)72-10)37-50(77-64(71)44-23-19-16-20-24-44)39-73-63(70)43-21-17-15-18-22-43/h15-24,26,30,40,47-62,69H,2-3,25,27-29,31-39H2,1,4-14H3/b30-26+/t40-,47+,48?,49-,50+,51+,52?,53+,54?,55?,56+,57?,58+,59-,60+,61+,62?/m1/s1. The Morgan fingerprint density at radius 3 is 1.95 bits per heavy atom. The zero-order valence-electron chi connectivity index (χ0n) is 51.5. The van der Waals surface area contributed by atoms with E-state index in [2.05, 4.69) is 87.8 Å². The van der Waals surface area contributed by atoms with E-state index in [9.17, 15) is 24.3 Å². The molecule has 15 nitrogen and oxygen atoms in total. The molecule has 2 aromatic rings. The highest BCUT2D eigenvalue weighted by atomic mass is 28.4. The van der Waals surface area contributed by atoms with Gasteiger partial charge in [-0.1, -0.05) is 104 Å². The lowest BCUT2D eigenvalue weighted by atomic mass is 9.81. The monoisotopic (exact) mass is 1180 g/mol. The topological polar surface area (TPSA) is 181 Å². The Kier molecular flexibility index (Phi) is 21.4. The summed E-state index contributed by atoms with van der Waals surface area (Å²) in [5.41, 5.74) is 2.64. The minimum absolute atomic E-state index is 0.0549. The number of allylic oxidation sites excluding steroid dienone is 1. The summed E-state index contributed by atoms with van der Waals surface area (Å²) in [4.78, 5) is 55.9. The number of benzene rings is 2. The van der Waals surface area contributed by atoms with Crippen LogP contribution in [0.3, 0.4) is 0 Å². The molecule has 6 unspecified atom stereocenters. The van der Waals surface area contributed by atoms with Crippen molar-refractivity contribution in [1.82, 2.24) is 0 Å². The number of Topliss-reactive ketones (excluding diaryl/α,β-unsaturated/α-hetero) is 1. The lowest BCUT2D eigenvalue weighted by Crippen LogP contribution is -2.67. The predicted octanol–water partition coefficient (Wildman–Crippen LogP) is 11.8. The van der Waals surface area contributed by atoms with E-state index in [1.165, 1.54) is 0 Å². The molecular weight excluding hydrogens is 1090 g/mol. The molecular formula is C66H96O15Si2. The van der Waals surface area contributed by atoms with E-state index in [-0.39, 0.29) is 78.2 Å². The number of hydrogen-bond acceptors (Lipinski definition) is 15. The molecule has 0 aliphatic carbocycles. The van der Waals surface area contributed by atoms with E-state index in [4.69, 9.17) is 46.7 Å². The number of aliphatic hydroxyl groups excluding tert-OH is 1. The average molecular weight is 1190 g/mol. The number of aliphatic hydroxyl groups is 1. The van der Waals surface area contributed by atoms with Crippen LogP contribution in [-0.2, 0) is 56.3 Å². The van der Waals surface area contributed by atoms with Gasteiger partial charge in [-0.15, -0.1) is 0 Å². The van der Waals surface area contributed by atoms with Crippen LogP contribution in [0, 0.1) is 11.8 Å². The number of ether oxygens (including phenoxy) is 8. The molecule has 10 rings (SSSR count). The van der Waals surface area contributed by atoms with Crippen LogP contribution in [0.4, 0.5) is 0 Å². The van der Waals surface area contributed by atoms with Gasteiger partial charge in [0.05, 0.1) is 72.2 Å². The van der Waals surface area contributed by atoms with E-state index in [1.807, 2.05) is 18.2 Å². The second kappa shape index (κ2) is 27.4. The number of hydrogen-bond donors (Lipinski definition) is 1. The molecule has 17 atom stereocenters. The van der Waals surface area contributed by atoms with E-state index in [1.54, 1.807) is 61.7 Å². The number of rotatable bonds is 12. The maximum absolute atomic E-state index is 14.9.